The largest absolute Gasteiger partial charge is 0.484 e. The number of hydrogen-bond acceptors (Lipinski definition) is 5. The number of nitro groups is 1. The molecule has 0 heterocycles. The number of nitrogens with zero attached hydrogens (tertiary/aromatic N) is 1. The van der Waals surface area contributed by atoms with Gasteiger partial charge >= 0.3 is 0 Å². The summed E-state index contributed by atoms with van der Waals surface area (Å²) in [5.74, 6) is -0.0285. The summed E-state index contributed by atoms with van der Waals surface area (Å²) in [4.78, 5) is 21.5. The number of amides is 1. The highest BCUT2D eigenvalue weighted by molar-refractivity contribution is 6.32. The van der Waals surface area contributed by atoms with E-state index in [1.165, 1.54) is 25.3 Å². The minimum atomic E-state index is -0.592. The van der Waals surface area contributed by atoms with Crippen molar-refractivity contribution in [3.05, 3.63) is 33.3 Å². The Morgan fingerprint density at radius 1 is 1.55 bits per heavy atom. The lowest BCUT2D eigenvalue weighted by Gasteiger charge is -2.13. The van der Waals surface area contributed by atoms with Crippen LogP contribution in [0.5, 0.6) is 5.75 Å². The minimum absolute atomic E-state index is 0.0411. The number of nitro benzene ring substituents is 1. The van der Waals surface area contributed by atoms with Gasteiger partial charge in [0.2, 0.25) is 0 Å². The predicted molar refractivity (Wildman–Crippen MR) is 73.1 cm³/mol. The maximum Gasteiger partial charge on any atom is 0.288 e. The van der Waals surface area contributed by atoms with E-state index in [2.05, 4.69) is 5.32 Å². The Balaban J connectivity index is 2.52. The summed E-state index contributed by atoms with van der Waals surface area (Å²) in [6, 6.07) is 3.78. The molecule has 0 aromatic heterocycles. The van der Waals surface area contributed by atoms with Crippen molar-refractivity contribution in [1.82, 2.24) is 5.32 Å². The molecule has 1 N–H and O–H groups in total. The van der Waals surface area contributed by atoms with Gasteiger partial charge in [-0.1, -0.05) is 11.6 Å². The topological polar surface area (TPSA) is 90.7 Å². The Hall–Kier alpha value is -1.86. The highest BCUT2D eigenvalue weighted by atomic mass is 35.5. The molecule has 0 bridgehead atoms. The van der Waals surface area contributed by atoms with Gasteiger partial charge < -0.3 is 14.8 Å². The van der Waals surface area contributed by atoms with Crippen molar-refractivity contribution in [1.29, 1.82) is 0 Å². The number of carbonyl (C=O) groups is 1. The quantitative estimate of drug-likeness (QED) is 0.612. The van der Waals surface area contributed by atoms with Crippen LogP contribution in [0.3, 0.4) is 0 Å². The normalized spacial score (nSPS) is 11.8. The van der Waals surface area contributed by atoms with Crippen LogP contribution >= 0.6 is 11.6 Å². The van der Waals surface area contributed by atoms with Crippen LogP contribution in [-0.2, 0) is 9.53 Å². The van der Waals surface area contributed by atoms with Crippen molar-refractivity contribution in [3.63, 3.8) is 0 Å². The van der Waals surface area contributed by atoms with Crippen LogP contribution in [0.2, 0.25) is 5.02 Å². The smallest absolute Gasteiger partial charge is 0.288 e. The fourth-order valence-electron chi connectivity index (χ4n) is 1.48. The molecule has 0 aliphatic rings. The summed E-state index contributed by atoms with van der Waals surface area (Å²) in [6.45, 7) is 1.99. The third kappa shape index (κ3) is 5.02. The molecule has 1 aromatic carbocycles. The van der Waals surface area contributed by atoms with Gasteiger partial charge in [-0.15, -0.1) is 0 Å². The monoisotopic (exact) mass is 302 g/mol. The molecule has 0 aliphatic heterocycles. The van der Waals surface area contributed by atoms with Crippen molar-refractivity contribution < 1.29 is 19.2 Å². The number of rotatable bonds is 7. The number of halogens is 1. The van der Waals surface area contributed by atoms with E-state index in [4.69, 9.17) is 21.1 Å². The molecular weight excluding hydrogens is 288 g/mol. The third-order valence-corrected chi connectivity index (χ3v) is 2.61. The first-order valence-corrected chi connectivity index (χ1v) is 6.17. The number of ether oxygens (including phenoxy) is 2. The van der Waals surface area contributed by atoms with Gasteiger partial charge in [0.1, 0.15) is 10.8 Å². The SMILES string of the molecule is COCC(C)NC(=O)COc1ccc([N+](=O)[O-])c(Cl)c1. The van der Waals surface area contributed by atoms with E-state index in [1.807, 2.05) is 0 Å². The first kappa shape index (κ1) is 16.2. The second-order valence-corrected chi connectivity index (χ2v) is 4.49. The second kappa shape index (κ2) is 7.66. The number of hydrogen-bond donors (Lipinski definition) is 1. The molecule has 0 saturated carbocycles. The van der Waals surface area contributed by atoms with Crippen LogP contribution in [0.25, 0.3) is 0 Å². The Labute approximate surface area is 121 Å². The fourth-order valence-corrected chi connectivity index (χ4v) is 1.72. The minimum Gasteiger partial charge on any atom is -0.484 e. The average molecular weight is 303 g/mol. The highest BCUT2D eigenvalue weighted by Gasteiger charge is 2.13. The Kier molecular flexibility index (Phi) is 6.20. The molecule has 0 spiro atoms. The molecule has 8 heteroatoms. The summed E-state index contributed by atoms with van der Waals surface area (Å²) in [7, 11) is 1.54. The van der Waals surface area contributed by atoms with E-state index >= 15 is 0 Å². The van der Waals surface area contributed by atoms with Crippen LogP contribution in [0.15, 0.2) is 18.2 Å². The van der Waals surface area contributed by atoms with Crippen LogP contribution in [-0.4, -0.2) is 37.2 Å². The summed E-state index contributed by atoms with van der Waals surface area (Å²) in [5.41, 5.74) is -0.211. The fraction of sp³-hybridized carbons (Fsp3) is 0.417. The van der Waals surface area contributed by atoms with Gasteiger partial charge in [-0.2, -0.15) is 0 Å². The molecule has 1 amide bonds. The zero-order chi connectivity index (χ0) is 15.1. The Morgan fingerprint density at radius 3 is 2.80 bits per heavy atom. The summed E-state index contributed by atoms with van der Waals surface area (Å²) < 4.78 is 10.1. The van der Waals surface area contributed by atoms with Crippen LogP contribution in [0, 0.1) is 10.1 Å². The molecule has 0 saturated heterocycles. The summed E-state index contributed by atoms with van der Waals surface area (Å²) in [6.07, 6.45) is 0. The first-order valence-electron chi connectivity index (χ1n) is 5.79. The van der Waals surface area contributed by atoms with Gasteiger partial charge in [-0.25, -0.2) is 0 Å². The molecule has 1 unspecified atom stereocenters. The maximum absolute atomic E-state index is 11.5. The average Bonchev–Trinajstić information content (AvgIpc) is 2.36. The van der Waals surface area contributed by atoms with E-state index in [1.54, 1.807) is 6.92 Å². The molecular formula is C12H15ClN2O5. The van der Waals surface area contributed by atoms with Crippen molar-refractivity contribution in [2.45, 2.75) is 13.0 Å². The summed E-state index contributed by atoms with van der Waals surface area (Å²) >= 11 is 5.73. The van der Waals surface area contributed by atoms with Crippen LogP contribution < -0.4 is 10.1 Å². The van der Waals surface area contributed by atoms with E-state index < -0.39 is 4.92 Å². The molecule has 1 aromatic rings. The van der Waals surface area contributed by atoms with E-state index in [0.717, 1.165) is 0 Å². The Bertz CT molecular complexity index is 495. The van der Waals surface area contributed by atoms with E-state index in [-0.39, 0.29) is 35.0 Å². The molecule has 0 aliphatic carbocycles. The third-order valence-electron chi connectivity index (χ3n) is 2.31. The summed E-state index contributed by atoms with van der Waals surface area (Å²) in [5, 5.41) is 13.2. The predicted octanol–water partition coefficient (Wildman–Crippen LogP) is 1.78. The molecule has 110 valence electrons. The molecule has 1 atom stereocenters. The van der Waals surface area contributed by atoms with Gasteiger partial charge in [0, 0.05) is 25.3 Å². The lowest BCUT2D eigenvalue weighted by Crippen LogP contribution is -2.38. The number of benzene rings is 1. The maximum atomic E-state index is 11.5. The number of nitrogens with one attached hydrogen (secondary N) is 1. The second-order valence-electron chi connectivity index (χ2n) is 4.08. The van der Waals surface area contributed by atoms with Gasteiger partial charge in [0.05, 0.1) is 11.5 Å². The van der Waals surface area contributed by atoms with Crippen molar-refractivity contribution in [2.24, 2.45) is 0 Å². The lowest BCUT2D eigenvalue weighted by molar-refractivity contribution is -0.384. The number of carbonyl (C=O) groups excluding carboxylic acids is 1. The first-order chi connectivity index (χ1) is 9.43. The van der Waals surface area contributed by atoms with E-state index in [9.17, 15) is 14.9 Å². The molecule has 0 radical (unpaired) electrons. The zero-order valence-electron chi connectivity index (χ0n) is 11.1. The number of methoxy groups -OCH3 is 1. The van der Waals surface area contributed by atoms with Crippen LogP contribution in [0.4, 0.5) is 5.69 Å². The van der Waals surface area contributed by atoms with Crippen molar-refractivity contribution in [3.8, 4) is 5.75 Å². The van der Waals surface area contributed by atoms with Crippen molar-refractivity contribution >= 4 is 23.2 Å². The van der Waals surface area contributed by atoms with E-state index in [0.29, 0.717) is 6.61 Å². The van der Waals surface area contributed by atoms with Gasteiger partial charge in [0.15, 0.2) is 6.61 Å². The van der Waals surface area contributed by atoms with Gasteiger partial charge in [0.25, 0.3) is 11.6 Å². The van der Waals surface area contributed by atoms with Gasteiger partial charge in [-0.05, 0) is 13.0 Å². The highest BCUT2D eigenvalue weighted by Crippen LogP contribution is 2.28. The molecule has 0 fully saturated rings. The standard InChI is InChI=1S/C12H15ClN2O5/c1-8(6-19-2)14-12(16)7-20-9-3-4-11(15(17)18)10(13)5-9/h3-5,8H,6-7H2,1-2H3,(H,14,16). The molecule has 1 rings (SSSR count). The molecule has 20 heavy (non-hydrogen) atoms. The van der Waals surface area contributed by atoms with Crippen LogP contribution in [0.1, 0.15) is 6.92 Å². The molecule has 7 nitrogen and oxygen atoms in total. The Morgan fingerprint density at radius 2 is 2.25 bits per heavy atom. The van der Waals surface area contributed by atoms with Gasteiger partial charge in [-0.3, -0.25) is 14.9 Å². The lowest BCUT2D eigenvalue weighted by atomic mass is 10.3. The zero-order valence-corrected chi connectivity index (χ0v) is 11.8. The van der Waals surface area contributed by atoms with Crippen molar-refractivity contribution in [2.75, 3.05) is 20.3 Å².